The number of benzene rings is 3. The Balaban J connectivity index is 1.54. The number of carbonyl (C=O) groups is 4. The average molecular weight is 566 g/mol. The van der Waals surface area contributed by atoms with Crippen molar-refractivity contribution in [3.8, 4) is 5.75 Å². The molecule has 0 saturated carbocycles. The van der Waals surface area contributed by atoms with Gasteiger partial charge in [-0.15, -0.1) is 0 Å². The molecule has 4 amide bonds. The number of halogens is 1. The highest BCUT2D eigenvalue weighted by molar-refractivity contribution is 9.10. The maximum Gasteiger partial charge on any atom is 0.335 e. The largest absolute Gasteiger partial charge is 0.488 e. The Morgan fingerprint density at radius 2 is 1.81 bits per heavy atom. The number of imide groups is 2. The minimum Gasteiger partial charge on any atom is -0.488 e. The number of amides is 4. The number of carboxylic acids is 1. The third-order valence-electron chi connectivity index (χ3n) is 5.26. The van der Waals surface area contributed by atoms with Crippen molar-refractivity contribution in [1.29, 1.82) is 0 Å². The third-order valence-corrected chi connectivity index (χ3v) is 5.88. The van der Waals surface area contributed by atoms with E-state index in [1.54, 1.807) is 30.3 Å². The molecule has 186 valence electrons. The van der Waals surface area contributed by atoms with Crippen LogP contribution in [0.15, 0.2) is 76.8 Å². The molecule has 0 aliphatic carbocycles. The maximum absolute atomic E-state index is 13.0. The molecule has 3 aromatic carbocycles. The minimum atomic E-state index is -1.03. The van der Waals surface area contributed by atoms with E-state index in [4.69, 9.17) is 9.84 Å². The van der Waals surface area contributed by atoms with Gasteiger partial charge in [0.25, 0.3) is 17.5 Å². The number of hydrogen-bond donors (Lipinski definition) is 2. The second kappa shape index (κ2) is 10.4. The number of nitrogens with zero attached hydrogens (tertiary/aromatic N) is 2. The molecule has 0 atom stereocenters. The van der Waals surface area contributed by atoms with Gasteiger partial charge in [-0.2, -0.15) is 0 Å². The van der Waals surface area contributed by atoms with E-state index >= 15 is 0 Å². The van der Waals surface area contributed by atoms with Crippen LogP contribution in [-0.4, -0.2) is 33.8 Å². The van der Waals surface area contributed by atoms with Crippen molar-refractivity contribution in [2.24, 2.45) is 0 Å². The second-order valence-electron chi connectivity index (χ2n) is 7.72. The average Bonchev–Trinajstić information content (AvgIpc) is 2.86. The van der Waals surface area contributed by atoms with Crippen LogP contribution in [-0.2, 0) is 16.2 Å². The summed E-state index contributed by atoms with van der Waals surface area (Å²) >= 11 is 3.38. The third kappa shape index (κ3) is 5.54. The summed E-state index contributed by atoms with van der Waals surface area (Å²) in [5.74, 6) is -2.41. The van der Waals surface area contributed by atoms with Crippen molar-refractivity contribution in [2.75, 3.05) is 4.90 Å². The number of non-ortho nitro benzene ring substituents is 1. The highest BCUT2D eigenvalue weighted by atomic mass is 79.9. The number of nitro groups is 1. The standard InChI is InChI=1S/C25H16BrN3O8/c26-20-11-15(6-9-21(20)37-13-14-4-7-16(8-5-14)24(32)33)10-19-22(30)27-25(34)28(23(19)31)17-2-1-3-18(12-17)29(35)36/h1-12H,13H2,(H,32,33)(H,27,30,34)/b19-10+. The van der Waals surface area contributed by atoms with Gasteiger partial charge in [0.2, 0.25) is 0 Å². The van der Waals surface area contributed by atoms with Crippen LogP contribution in [0.2, 0.25) is 0 Å². The molecule has 4 rings (SSSR count). The van der Waals surface area contributed by atoms with Crippen molar-refractivity contribution in [3.05, 3.63) is 104 Å². The topological polar surface area (TPSA) is 156 Å². The molecule has 0 spiro atoms. The lowest BCUT2D eigenvalue weighted by Crippen LogP contribution is -2.54. The van der Waals surface area contributed by atoms with E-state index in [0.717, 1.165) is 11.6 Å². The zero-order valence-electron chi connectivity index (χ0n) is 18.7. The predicted octanol–water partition coefficient (Wildman–Crippen LogP) is 4.30. The molecule has 37 heavy (non-hydrogen) atoms. The summed E-state index contributed by atoms with van der Waals surface area (Å²) in [6.45, 7) is 0.167. The van der Waals surface area contributed by atoms with Crippen LogP contribution in [0.4, 0.5) is 16.2 Å². The maximum atomic E-state index is 13.0. The van der Waals surface area contributed by atoms with Crippen molar-refractivity contribution < 1.29 is 33.9 Å². The molecular formula is C25H16BrN3O8. The number of urea groups is 1. The number of carboxylic acid groups (broad SMARTS) is 1. The molecule has 0 aromatic heterocycles. The van der Waals surface area contributed by atoms with E-state index in [2.05, 4.69) is 21.2 Å². The molecule has 1 aliphatic rings. The summed E-state index contributed by atoms with van der Waals surface area (Å²) < 4.78 is 6.27. The van der Waals surface area contributed by atoms with Crippen LogP contribution in [0, 0.1) is 10.1 Å². The number of ether oxygens (including phenoxy) is 1. The number of barbiturate groups is 1. The summed E-state index contributed by atoms with van der Waals surface area (Å²) in [6, 6.07) is 14.9. The van der Waals surface area contributed by atoms with Gasteiger partial charge in [0.15, 0.2) is 0 Å². The van der Waals surface area contributed by atoms with Gasteiger partial charge in [0.1, 0.15) is 17.9 Å². The molecule has 12 heteroatoms. The monoisotopic (exact) mass is 565 g/mol. The molecule has 11 nitrogen and oxygen atoms in total. The fraction of sp³-hybridized carbons (Fsp3) is 0.0400. The number of carbonyl (C=O) groups excluding carboxylic acids is 3. The quantitative estimate of drug-likeness (QED) is 0.186. The van der Waals surface area contributed by atoms with Crippen LogP contribution in [0.25, 0.3) is 6.08 Å². The number of anilines is 1. The van der Waals surface area contributed by atoms with Gasteiger partial charge in [-0.25, -0.2) is 14.5 Å². The molecule has 1 heterocycles. The van der Waals surface area contributed by atoms with Gasteiger partial charge >= 0.3 is 12.0 Å². The lowest BCUT2D eigenvalue weighted by molar-refractivity contribution is -0.384. The van der Waals surface area contributed by atoms with Crippen LogP contribution in [0.3, 0.4) is 0 Å². The SMILES string of the molecule is O=C1NC(=O)N(c2cccc([N+](=O)[O-])c2)C(=O)/C1=C/c1ccc(OCc2ccc(C(=O)O)cc2)c(Br)c1. The first-order valence-electron chi connectivity index (χ1n) is 10.5. The first-order chi connectivity index (χ1) is 17.6. The number of rotatable bonds is 7. The Morgan fingerprint density at radius 3 is 2.46 bits per heavy atom. The van der Waals surface area contributed by atoms with Crippen LogP contribution < -0.4 is 15.0 Å². The number of nitro benzene ring substituents is 1. The van der Waals surface area contributed by atoms with Crippen molar-refractivity contribution in [1.82, 2.24) is 5.32 Å². The lowest BCUT2D eigenvalue weighted by atomic mass is 10.1. The van der Waals surface area contributed by atoms with Crippen molar-refractivity contribution in [3.63, 3.8) is 0 Å². The molecule has 0 radical (unpaired) electrons. The zero-order valence-corrected chi connectivity index (χ0v) is 20.3. The van der Waals surface area contributed by atoms with Crippen molar-refractivity contribution in [2.45, 2.75) is 6.61 Å². The number of nitrogens with one attached hydrogen (secondary N) is 1. The van der Waals surface area contributed by atoms with Gasteiger partial charge in [-0.1, -0.05) is 24.3 Å². The molecule has 1 saturated heterocycles. The molecular weight excluding hydrogens is 550 g/mol. The summed E-state index contributed by atoms with van der Waals surface area (Å²) in [7, 11) is 0. The summed E-state index contributed by atoms with van der Waals surface area (Å²) in [6.07, 6.45) is 1.29. The molecule has 0 bridgehead atoms. The molecule has 1 aliphatic heterocycles. The molecule has 2 N–H and O–H groups in total. The normalized spacial score (nSPS) is 14.5. The number of hydrogen-bond acceptors (Lipinski definition) is 7. The Bertz CT molecular complexity index is 1480. The second-order valence-corrected chi connectivity index (χ2v) is 8.57. The van der Waals surface area contributed by atoms with E-state index in [1.807, 2.05) is 0 Å². The zero-order chi connectivity index (χ0) is 26.7. The summed E-state index contributed by atoms with van der Waals surface area (Å²) in [5, 5.41) is 22.1. The van der Waals surface area contributed by atoms with Gasteiger partial charge in [-0.3, -0.25) is 25.0 Å². The first kappa shape index (κ1) is 25.3. The van der Waals surface area contributed by atoms with E-state index in [-0.39, 0.29) is 29.1 Å². The smallest absolute Gasteiger partial charge is 0.335 e. The van der Waals surface area contributed by atoms with Crippen LogP contribution in [0.5, 0.6) is 5.75 Å². The van der Waals surface area contributed by atoms with E-state index in [1.165, 1.54) is 36.4 Å². The highest BCUT2D eigenvalue weighted by Crippen LogP contribution is 2.29. The Hall–Kier alpha value is -4.84. The minimum absolute atomic E-state index is 0.0589. The van der Waals surface area contributed by atoms with E-state index < -0.39 is 28.7 Å². The fourth-order valence-corrected chi connectivity index (χ4v) is 3.94. The lowest BCUT2D eigenvalue weighted by Gasteiger charge is -2.26. The van der Waals surface area contributed by atoms with Crippen molar-refractivity contribution >= 4 is 57.2 Å². The van der Waals surface area contributed by atoms with Crippen LogP contribution in [0.1, 0.15) is 21.5 Å². The van der Waals surface area contributed by atoms with Gasteiger partial charge in [0.05, 0.1) is 20.6 Å². The Morgan fingerprint density at radius 1 is 1.08 bits per heavy atom. The van der Waals surface area contributed by atoms with E-state index in [9.17, 15) is 29.3 Å². The molecule has 1 fully saturated rings. The Labute approximate surface area is 217 Å². The summed E-state index contributed by atoms with van der Waals surface area (Å²) in [4.78, 5) is 59.9. The highest BCUT2D eigenvalue weighted by Gasteiger charge is 2.37. The molecule has 3 aromatic rings. The first-order valence-corrected chi connectivity index (χ1v) is 11.3. The van der Waals surface area contributed by atoms with E-state index in [0.29, 0.717) is 20.7 Å². The summed E-state index contributed by atoms with van der Waals surface area (Å²) in [5.41, 5.74) is 0.629. The predicted molar refractivity (Wildman–Crippen MR) is 134 cm³/mol. The van der Waals surface area contributed by atoms with Gasteiger partial charge in [-0.05, 0) is 63.5 Å². The van der Waals surface area contributed by atoms with Gasteiger partial charge < -0.3 is 9.84 Å². The molecule has 0 unspecified atom stereocenters. The van der Waals surface area contributed by atoms with Gasteiger partial charge in [0, 0.05) is 12.1 Å². The van der Waals surface area contributed by atoms with Crippen LogP contribution >= 0.6 is 15.9 Å². The Kier molecular flexibility index (Phi) is 7.11. The fourth-order valence-electron chi connectivity index (χ4n) is 3.43. The number of aromatic carboxylic acids is 1.